The fourth-order valence-electron chi connectivity index (χ4n) is 2.01. The van der Waals surface area contributed by atoms with E-state index in [1.54, 1.807) is 0 Å². The summed E-state index contributed by atoms with van der Waals surface area (Å²) in [5.74, 6) is 0. The molecule has 1 saturated heterocycles. The van der Waals surface area contributed by atoms with E-state index in [2.05, 4.69) is 41.8 Å². The number of hydrogen-bond donors (Lipinski definition) is 1. The second kappa shape index (κ2) is 3.94. The van der Waals surface area contributed by atoms with Gasteiger partial charge in [-0.25, -0.2) is 4.98 Å². The maximum Gasteiger partial charge on any atom is 0.0950 e. The molecule has 0 saturated carbocycles. The van der Waals surface area contributed by atoms with Crippen LogP contribution < -0.4 is 5.32 Å². The molecule has 4 heteroatoms. The standard InChI is InChI=1S/C11H19N3O/c1-4-14-7-9(13-8-14)10-11(2,3)15-6-5-12-10/h7-8,10,12H,4-6H2,1-3H3. The van der Waals surface area contributed by atoms with Gasteiger partial charge in [0.05, 0.1) is 30.3 Å². The van der Waals surface area contributed by atoms with Crippen LogP contribution in [-0.4, -0.2) is 28.3 Å². The van der Waals surface area contributed by atoms with Crippen molar-refractivity contribution in [1.29, 1.82) is 0 Å². The minimum Gasteiger partial charge on any atom is -0.372 e. The molecule has 0 aliphatic carbocycles. The maximum absolute atomic E-state index is 5.76. The molecular formula is C11H19N3O. The van der Waals surface area contributed by atoms with Crippen molar-refractivity contribution in [3.8, 4) is 0 Å². The van der Waals surface area contributed by atoms with Crippen LogP contribution in [0.15, 0.2) is 12.5 Å². The van der Waals surface area contributed by atoms with Gasteiger partial charge in [-0.2, -0.15) is 0 Å². The van der Waals surface area contributed by atoms with E-state index in [0.717, 1.165) is 25.4 Å². The van der Waals surface area contributed by atoms with Crippen LogP contribution in [0.1, 0.15) is 32.5 Å². The molecular weight excluding hydrogens is 190 g/mol. The van der Waals surface area contributed by atoms with Gasteiger partial charge in [0.15, 0.2) is 0 Å². The van der Waals surface area contributed by atoms with Crippen molar-refractivity contribution < 1.29 is 4.74 Å². The molecule has 1 fully saturated rings. The predicted molar refractivity (Wildman–Crippen MR) is 58.7 cm³/mol. The normalized spacial score (nSPS) is 25.4. The Labute approximate surface area is 90.6 Å². The summed E-state index contributed by atoms with van der Waals surface area (Å²) in [6.07, 6.45) is 3.97. The van der Waals surface area contributed by atoms with Crippen molar-refractivity contribution in [2.24, 2.45) is 0 Å². The van der Waals surface area contributed by atoms with Crippen molar-refractivity contribution in [1.82, 2.24) is 14.9 Å². The molecule has 84 valence electrons. The van der Waals surface area contributed by atoms with Gasteiger partial charge in [-0.05, 0) is 20.8 Å². The molecule has 0 aromatic carbocycles. The molecule has 0 amide bonds. The number of aromatic nitrogens is 2. The van der Waals surface area contributed by atoms with Gasteiger partial charge in [0.1, 0.15) is 0 Å². The Bertz CT molecular complexity index is 332. The van der Waals surface area contributed by atoms with Gasteiger partial charge in [0, 0.05) is 19.3 Å². The van der Waals surface area contributed by atoms with Crippen molar-refractivity contribution in [3.05, 3.63) is 18.2 Å². The Hall–Kier alpha value is -0.870. The molecule has 1 atom stereocenters. The van der Waals surface area contributed by atoms with Gasteiger partial charge in [-0.15, -0.1) is 0 Å². The first kappa shape index (κ1) is 10.6. The summed E-state index contributed by atoms with van der Waals surface area (Å²) in [5.41, 5.74) is 0.895. The SMILES string of the molecule is CCn1cnc(C2NCCOC2(C)C)c1. The quantitative estimate of drug-likeness (QED) is 0.799. The molecule has 1 N–H and O–H groups in total. The second-order valence-corrected chi connectivity index (χ2v) is 4.47. The van der Waals surface area contributed by atoms with Gasteiger partial charge in [-0.3, -0.25) is 0 Å². The van der Waals surface area contributed by atoms with E-state index in [1.165, 1.54) is 0 Å². The summed E-state index contributed by atoms with van der Waals surface area (Å²) in [4.78, 5) is 4.43. The zero-order chi connectivity index (χ0) is 10.9. The highest BCUT2D eigenvalue weighted by atomic mass is 16.5. The summed E-state index contributed by atoms with van der Waals surface area (Å²) in [6.45, 7) is 8.96. The van der Waals surface area contributed by atoms with Gasteiger partial charge in [0.2, 0.25) is 0 Å². The lowest BCUT2D eigenvalue weighted by Crippen LogP contribution is -2.48. The first-order chi connectivity index (χ1) is 7.13. The van der Waals surface area contributed by atoms with Crippen LogP contribution in [0.5, 0.6) is 0 Å². The van der Waals surface area contributed by atoms with E-state index in [0.29, 0.717) is 0 Å². The van der Waals surface area contributed by atoms with Crippen LogP contribution in [0.3, 0.4) is 0 Å². The number of aryl methyl sites for hydroxylation is 1. The third-order valence-electron chi connectivity index (χ3n) is 2.93. The van der Waals surface area contributed by atoms with E-state index < -0.39 is 0 Å². The van der Waals surface area contributed by atoms with Crippen LogP contribution in [0.25, 0.3) is 0 Å². The van der Waals surface area contributed by atoms with Gasteiger partial charge in [-0.1, -0.05) is 0 Å². The van der Waals surface area contributed by atoms with Crippen LogP contribution in [0.2, 0.25) is 0 Å². The lowest BCUT2D eigenvalue weighted by molar-refractivity contribution is -0.0732. The molecule has 4 nitrogen and oxygen atoms in total. The Balaban J connectivity index is 2.21. The minimum atomic E-state index is -0.175. The fraction of sp³-hybridized carbons (Fsp3) is 0.727. The van der Waals surface area contributed by atoms with Crippen LogP contribution in [0.4, 0.5) is 0 Å². The Kier molecular flexibility index (Phi) is 2.80. The van der Waals surface area contributed by atoms with E-state index in [1.807, 2.05) is 6.33 Å². The first-order valence-corrected chi connectivity index (χ1v) is 5.52. The molecule has 15 heavy (non-hydrogen) atoms. The topological polar surface area (TPSA) is 39.1 Å². The molecule has 2 heterocycles. The number of hydrogen-bond acceptors (Lipinski definition) is 3. The smallest absolute Gasteiger partial charge is 0.0950 e. The first-order valence-electron chi connectivity index (χ1n) is 5.52. The van der Waals surface area contributed by atoms with Crippen LogP contribution in [-0.2, 0) is 11.3 Å². The monoisotopic (exact) mass is 209 g/mol. The molecule has 0 spiro atoms. The van der Waals surface area contributed by atoms with E-state index >= 15 is 0 Å². The average Bonchev–Trinajstić information content (AvgIpc) is 2.65. The Morgan fingerprint density at radius 2 is 2.47 bits per heavy atom. The van der Waals surface area contributed by atoms with Crippen molar-refractivity contribution in [2.45, 2.75) is 39.0 Å². The maximum atomic E-state index is 5.76. The zero-order valence-electron chi connectivity index (χ0n) is 9.66. The molecule has 1 aromatic heterocycles. The number of ether oxygens (including phenoxy) is 1. The average molecular weight is 209 g/mol. The summed E-state index contributed by atoms with van der Waals surface area (Å²) in [5, 5.41) is 3.46. The highest BCUT2D eigenvalue weighted by Gasteiger charge is 2.35. The Morgan fingerprint density at radius 1 is 1.67 bits per heavy atom. The minimum absolute atomic E-state index is 0.175. The molecule has 0 radical (unpaired) electrons. The second-order valence-electron chi connectivity index (χ2n) is 4.47. The van der Waals surface area contributed by atoms with Gasteiger partial charge in [0.25, 0.3) is 0 Å². The van der Waals surface area contributed by atoms with Crippen LogP contribution in [0, 0.1) is 0 Å². The predicted octanol–water partition coefficient (Wildman–Crippen LogP) is 1.34. The molecule has 1 unspecified atom stereocenters. The number of rotatable bonds is 2. The molecule has 1 aliphatic rings. The number of nitrogens with one attached hydrogen (secondary N) is 1. The third kappa shape index (κ3) is 2.06. The van der Waals surface area contributed by atoms with Gasteiger partial charge >= 0.3 is 0 Å². The lowest BCUT2D eigenvalue weighted by Gasteiger charge is -2.38. The summed E-state index contributed by atoms with van der Waals surface area (Å²) in [6, 6.07) is 0.194. The fourth-order valence-corrected chi connectivity index (χ4v) is 2.01. The lowest BCUT2D eigenvalue weighted by atomic mass is 9.94. The highest BCUT2D eigenvalue weighted by Crippen LogP contribution is 2.29. The molecule has 1 aromatic rings. The number of morpholine rings is 1. The molecule has 1 aliphatic heterocycles. The van der Waals surface area contributed by atoms with Crippen molar-refractivity contribution in [2.75, 3.05) is 13.2 Å². The van der Waals surface area contributed by atoms with Gasteiger partial charge < -0.3 is 14.6 Å². The Morgan fingerprint density at radius 3 is 3.07 bits per heavy atom. The number of nitrogens with zero attached hydrogens (tertiary/aromatic N) is 2. The summed E-state index contributed by atoms with van der Waals surface area (Å²) in [7, 11) is 0. The number of imidazole rings is 1. The molecule has 2 rings (SSSR count). The summed E-state index contributed by atoms with van der Waals surface area (Å²) < 4.78 is 7.85. The van der Waals surface area contributed by atoms with Crippen LogP contribution >= 0.6 is 0 Å². The van der Waals surface area contributed by atoms with Crippen molar-refractivity contribution in [3.63, 3.8) is 0 Å². The van der Waals surface area contributed by atoms with E-state index in [9.17, 15) is 0 Å². The van der Waals surface area contributed by atoms with E-state index in [-0.39, 0.29) is 11.6 Å². The largest absolute Gasteiger partial charge is 0.372 e. The zero-order valence-corrected chi connectivity index (χ0v) is 9.66. The molecule has 0 bridgehead atoms. The van der Waals surface area contributed by atoms with E-state index in [4.69, 9.17) is 4.74 Å². The third-order valence-corrected chi connectivity index (χ3v) is 2.93. The summed E-state index contributed by atoms with van der Waals surface area (Å²) >= 11 is 0. The highest BCUT2D eigenvalue weighted by molar-refractivity contribution is 5.10. The van der Waals surface area contributed by atoms with Crippen molar-refractivity contribution >= 4 is 0 Å².